The van der Waals surface area contributed by atoms with Crippen molar-refractivity contribution in [2.75, 3.05) is 11.9 Å². The molecule has 1 aliphatic rings. The summed E-state index contributed by atoms with van der Waals surface area (Å²) in [5.41, 5.74) is 9.58. The molecule has 1 saturated carbocycles. The lowest BCUT2D eigenvalue weighted by molar-refractivity contribution is 0.252. The first-order valence-electron chi connectivity index (χ1n) is 8.06. The van der Waals surface area contributed by atoms with Crippen LogP contribution in [0.4, 0.5) is 5.69 Å². The maximum Gasteiger partial charge on any atom is 0.106 e. The monoisotopic (exact) mass is 304 g/mol. The summed E-state index contributed by atoms with van der Waals surface area (Å²) < 4.78 is 0. The van der Waals surface area contributed by atoms with E-state index in [2.05, 4.69) is 44.3 Å². The Morgan fingerprint density at radius 2 is 2.00 bits per heavy atom. The van der Waals surface area contributed by atoms with Gasteiger partial charge in [-0.1, -0.05) is 50.5 Å². The molecule has 0 heterocycles. The first kappa shape index (κ1) is 16.3. The van der Waals surface area contributed by atoms with Crippen molar-refractivity contribution < 1.29 is 0 Å². The van der Waals surface area contributed by atoms with Gasteiger partial charge in [0.25, 0.3) is 0 Å². The zero-order valence-corrected chi connectivity index (χ0v) is 14.4. The number of nitrogens with two attached hydrogens (primary N) is 1. The molecule has 0 unspecified atom stereocenters. The largest absolute Gasteiger partial charge is 0.389 e. The summed E-state index contributed by atoms with van der Waals surface area (Å²) in [6, 6.07) is 6.31. The maximum absolute atomic E-state index is 5.87. The Kier molecular flexibility index (Phi) is 5.26. The first-order valence-corrected chi connectivity index (χ1v) is 8.47. The molecule has 0 atom stereocenters. The Morgan fingerprint density at radius 1 is 1.33 bits per heavy atom. The van der Waals surface area contributed by atoms with Crippen LogP contribution in [0.3, 0.4) is 0 Å². The predicted octanol–water partition coefficient (Wildman–Crippen LogP) is 4.65. The number of anilines is 1. The molecular formula is C18H28N2S. The molecule has 0 saturated heterocycles. The van der Waals surface area contributed by atoms with E-state index in [9.17, 15) is 0 Å². The van der Waals surface area contributed by atoms with Gasteiger partial charge in [0, 0.05) is 17.8 Å². The number of nitrogens with one attached hydrogen (secondary N) is 1. The second kappa shape index (κ2) is 6.78. The smallest absolute Gasteiger partial charge is 0.106 e. The molecule has 0 aromatic heterocycles. The van der Waals surface area contributed by atoms with Crippen LogP contribution in [0.1, 0.15) is 57.1 Å². The van der Waals surface area contributed by atoms with Gasteiger partial charge < -0.3 is 11.1 Å². The average molecular weight is 305 g/mol. The second-order valence-electron chi connectivity index (χ2n) is 7.07. The number of hydrogen-bond acceptors (Lipinski definition) is 2. The van der Waals surface area contributed by atoms with E-state index >= 15 is 0 Å². The zero-order valence-electron chi connectivity index (χ0n) is 13.5. The third-order valence-electron chi connectivity index (χ3n) is 4.60. The van der Waals surface area contributed by atoms with Crippen LogP contribution in [0.2, 0.25) is 0 Å². The Hall–Kier alpha value is -1.09. The molecule has 0 radical (unpaired) electrons. The molecule has 116 valence electrons. The molecule has 2 rings (SSSR count). The highest BCUT2D eigenvalue weighted by atomic mass is 32.1. The second-order valence-corrected chi connectivity index (χ2v) is 7.51. The SMILES string of the molecule is Cc1ccc(NCC2(CC(C)C)CCCC2)c(C(N)=S)c1. The maximum atomic E-state index is 5.87. The fourth-order valence-corrected chi connectivity index (χ4v) is 3.91. The van der Waals surface area contributed by atoms with E-state index in [4.69, 9.17) is 18.0 Å². The van der Waals surface area contributed by atoms with Crippen molar-refractivity contribution in [1.82, 2.24) is 0 Å². The number of thiocarbonyl (C=S) groups is 1. The Labute approximate surface area is 134 Å². The molecular weight excluding hydrogens is 276 g/mol. The van der Waals surface area contributed by atoms with Gasteiger partial charge in [-0.3, -0.25) is 0 Å². The molecule has 3 N–H and O–H groups in total. The van der Waals surface area contributed by atoms with E-state index < -0.39 is 0 Å². The summed E-state index contributed by atoms with van der Waals surface area (Å²) >= 11 is 5.19. The molecule has 21 heavy (non-hydrogen) atoms. The highest BCUT2D eigenvalue weighted by Crippen LogP contribution is 2.43. The van der Waals surface area contributed by atoms with Crippen molar-refractivity contribution in [3.05, 3.63) is 29.3 Å². The van der Waals surface area contributed by atoms with Gasteiger partial charge in [-0.05, 0) is 49.7 Å². The van der Waals surface area contributed by atoms with E-state index in [0.717, 1.165) is 23.7 Å². The minimum absolute atomic E-state index is 0.451. The van der Waals surface area contributed by atoms with Crippen molar-refractivity contribution in [3.63, 3.8) is 0 Å². The van der Waals surface area contributed by atoms with Crippen LogP contribution in [0, 0.1) is 18.3 Å². The number of aryl methyl sites for hydroxylation is 1. The lowest BCUT2D eigenvalue weighted by Crippen LogP contribution is -2.29. The Bertz CT molecular complexity index is 502. The summed E-state index contributed by atoms with van der Waals surface area (Å²) in [7, 11) is 0. The summed E-state index contributed by atoms with van der Waals surface area (Å²) in [5, 5.41) is 3.64. The highest BCUT2D eigenvalue weighted by molar-refractivity contribution is 7.80. The van der Waals surface area contributed by atoms with Crippen molar-refractivity contribution >= 4 is 22.9 Å². The molecule has 1 aromatic rings. The van der Waals surface area contributed by atoms with Gasteiger partial charge >= 0.3 is 0 Å². The molecule has 0 aliphatic heterocycles. The van der Waals surface area contributed by atoms with Gasteiger partial charge in [0.15, 0.2) is 0 Å². The van der Waals surface area contributed by atoms with Crippen LogP contribution >= 0.6 is 12.2 Å². The summed E-state index contributed by atoms with van der Waals surface area (Å²) in [4.78, 5) is 0.477. The fourth-order valence-electron chi connectivity index (χ4n) is 3.74. The van der Waals surface area contributed by atoms with Crippen molar-refractivity contribution in [1.29, 1.82) is 0 Å². The quantitative estimate of drug-likeness (QED) is 0.751. The van der Waals surface area contributed by atoms with E-state index in [1.165, 1.54) is 37.7 Å². The molecule has 1 aliphatic carbocycles. The van der Waals surface area contributed by atoms with Crippen LogP contribution in [-0.2, 0) is 0 Å². The molecule has 0 spiro atoms. The summed E-state index contributed by atoms with van der Waals surface area (Å²) in [6.07, 6.45) is 6.71. The van der Waals surface area contributed by atoms with Gasteiger partial charge in [0.05, 0.1) is 0 Å². The Balaban J connectivity index is 2.12. The highest BCUT2D eigenvalue weighted by Gasteiger charge is 2.34. The summed E-state index contributed by atoms with van der Waals surface area (Å²) in [5.74, 6) is 0.748. The molecule has 3 heteroatoms. The molecule has 0 amide bonds. The molecule has 1 fully saturated rings. The zero-order chi connectivity index (χ0) is 15.5. The van der Waals surface area contributed by atoms with Gasteiger partial charge in [-0.2, -0.15) is 0 Å². The molecule has 1 aromatic carbocycles. The van der Waals surface area contributed by atoms with Gasteiger partial charge in [-0.15, -0.1) is 0 Å². The standard InChI is InChI=1S/C18H28N2S/c1-13(2)11-18(8-4-5-9-18)12-20-16-7-6-14(3)10-15(16)17(19)21/h6-7,10,13,20H,4-5,8-9,11-12H2,1-3H3,(H2,19,21). The minimum atomic E-state index is 0.451. The van der Waals surface area contributed by atoms with E-state index in [0.29, 0.717) is 10.4 Å². The fraction of sp³-hybridized carbons (Fsp3) is 0.611. The molecule has 2 nitrogen and oxygen atoms in total. The number of rotatable bonds is 6. The third kappa shape index (κ3) is 4.19. The topological polar surface area (TPSA) is 38.0 Å². The minimum Gasteiger partial charge on any atom is -0.389 e. The predicted molar refractivity (Wildman–Crippen MR) is 95.9 cm³/mol. The van der Waals surface area contributed by atoms with E-state index in [1.807, 2.05) is 0 Å². The third-order valence-corrected chi connectivity index (χ3v) is 4.82. The van der Waals surface area contributed by atoms with Crippen LogP contribution < -0.4 is 11.1 Å². The van der Waals surface area contributed by atoms with E-state index in [1.54, 1.807) is 0 Å². The number of benzene rings is 1. The van der Waals surface area contributed by atoms with Crippen LogP contribution in [-0.4, -0.2) is 11.5 Å². The summed E-state index contributed by atoms with van der Waals surface area (Å²) in [6.45, 7) is 7.76. The average Bonchev–Trinajstić information content (AvgIpc) is 2.85. The van der Waals surface area contributed by atoms with E-state index in [-0.39, 0.29) is 0 Å². The Morgan fingerprint density at radius 3 is 2.57 bits per heavy atom. The van der Waals surface area contributed by atoms with Gasteiger partial charge in [0.1, 0.15) is 4.99 Å². The number of hydrogen-bond donors (Lipinski definition) is 2. The lowest BCUT2D eigenvalue weighted by atomic mass is 9.78. The normalized spacial score (nSPS) is 17.1. The van der Waals surface area contributed by atoms with Crippen LogP contribution in [0.5, 0.6) is 0 Å². The van der Waals surface area contributed by atoms with Crippen molar-refractivity contribution in [2.45, 2.75) is 52.9 Å². The van der Waals surface area contributed by atoms with Crippen LogP contribution in [0.15, 0.2) is 18.2 Å². The van der Waals surface area contributed by atoms with Crippen molar-refractivity contribution in [2.24, 2.45) is 17.1 Å². The molecule has 0 bridgehead atoms. The van der Waals surface area contributed by atoms with Crippen molar-refractivity contribution in [3.8, 4) is 0 Å². The first-order chi connectivity index (χ1) is 9.92. The van der Waals surface area contributed by atoms with Gasteiger partial charge in [-0.25, -0.2) is 0 Å². The van der Waals surface area contributed by atoms with Gasteiger partial charge in [0.2, 0.25) is 0 Å². The van der Waals surface area contributed by atoms with Crippen LogP contribution in [0.25, 0.3) is 0 Å². The lowest BCUT2D eigenvalue weighted by Gasteiger charge is -2.32.